The van der Waals surface area contributed by atoms with E-state index < -0.39 is 0 Å². The zero-order chi connectivity index (χ0) is 13.2. The minimum atomic E-state index is 0.786. The summed E-state index contributed by atoms with van der Waals surface area (Å²) >= 11 is 0. The molecule has 0 aromatic heterocycles. The highest BCUT2D eigenvalue weighted by molar-refractivity contribution is 5.40. The Bertz CT molecular complexity index is 343. The molecule has 0 atom stereocenters. The van der Waals surface area contributed by atoms with Crippen molar-refractivity contribution in [2.24, 2.45) is 0 Å². The van der Waals surface area contributed by atoms with Crippen molar-refractivity contribution in [2.45, 2.75) is 19.9 Å². The monoisotopic (exact) mass is 252 g/mol. The second-order valence-electron chi connectivity index (χ2n) is 4.10. The molecule has 1 aromatic carbocycles. The van der Waals surface area contributed by atoms with Crippen molar-refractivity contribution in [3.05, 3.63) is 23.8 Å². The molecule has 0 saturated carbocycles. The van der Waals surface area contributed by atoms with Crippen molar-refractivity contribution in [2.75, 3.05) is 33.9 Å². The van der Waals surface area contributed by atoms with Gasteiger partial charge in [-0.25, -0.2) is 0 Å². The number of rotatable bonds is 9. The van der Waals surface area contributed by atoms with Crippen LogP contribution in [-0.4, -0.2) is 33.9 Å². The highest BCUT2D eigenvalue weighted by Gasteiger charge is 2.04. The largest absolute Gasteiger partial charge is 0.497 e. The molecular weight excluding hydrogens is 228 g/mol. The van der Waals surface area contributed by atoms with Crippen molar-refractivity contribution in [1.29, 1.82) is 0 Å². The highest BCUT2D eigenvalue weighted by Crippen LogP contribution is 2.23. The van der Waals surface area contributed by atoms with Crippen LogP contribution in [0.15, 0.2) is 18.2 Å². The van der Waals surface area contributed by atoms with Crippen LogP contribution in [0.4, 0.5) is 0 Å². The molecule has 0 aliphatic rings. The molecule has 0 amide bonds. The minimum Gasteiger partial charge on any atom is -0.497 e. The maximum Gasteiger partial charge on any atom is 0.123 e. The van der Waals surface area contributed by atoms with E-state index in [4.69, 9.17) is 9.47 Å². The van der Waals surface area contributed by atoms with Crippen LogP contribution in [0.5, 0.6) is 11.5 Å². The molecule has 1 aromatic rings. The van der Waals surface area contributed by atoms with Gasteiger partial charge in [-0.1, -0.05) is 6.92 Å². The third kappa shape index (κ3) is 4.94. The topological polar surface area (TPSA) is 42.5 Å². The van der Waals surface area contributed by atoms with Crippen LogP contribution in [-0.2, 0) is 6.54 Å². The van der Waals surface area contributed by atoms with Gasteiger partial charge in [0, 0.05) is 25.2 Å². The third-order valence-corrected chi connectivity index (χ3v) is 2.71. The van der Waals surface area contributed by atoms with Crippen molar-refractivity contribution in [1.82, 2.24) is 10.6 Å². The first-order valence-corrected chi connectivity index (χ1v) is 6.44. The van der Waals surface area contributed by atoms with Crippen LogP contribution in [0, 0.1) is 0 Å². The molecule has 0 saturated heterocycles. The molecule has 0 radical (unpaired) electrons. The summed E-state index contributed by atoms with van der Waals surface area (Å²) in [4.78, 5) is 0. The summed E-state index contributed by atoms with van der Waals surface area (Å²) < 4.78 is 10.5. The van der Waals surface area contributed by atoms with E-state index in [1.54, 1.807) is 14.2 Å². The first kappa shape index (κ1) is 14.8. The Morgan fingerprint density at radius 2 is 1.78 bits per heavy atom. The molecule has 0 aliphatic heterocycles. The molecule has 0 heterocycles. The van der Waals surface area contributed by atoms with E-state index in [2.05, 4.69) is 17.6 Å². The fraction of sp³-hybridized carbons (Fsp3) is 0.571. The smallest absolute Gasteiger partial charge is 0.123 e. The van der Waals surface area contributed by atoms with Crippen LogP contribution >= 0.6 is 0 Å². The van der Waals surface area contributed by atoms with Crippen LogP contribution in [0.1, 0.15) is 18.9 Å². The number of methoxy groups -OCH3 is 2. The van der Waals surface area contributed by atoms with Gasteiger partial charge in [-0.15, -0.1) is 0 Å². The maximum absolute atomic E-state index is 5.33. The lowest BCUT2D eigenvalue weighted by atomic mass is 10.2. The van der Waals surface area contributed by atoms with Gasteiger partial charge in [-0.05, 0) is 31.2 Å². The number of hydrogen-bond donors (Lipinski definition) is 2. The lowest BCUT2D eigenvalue weighted by Crippen LogP contribution is -2.27. The van der Waals surface area contributed by atoms with Gasteiger partial charge in [0.05, 0.1) is 14.2 Å². The number of benzene rings is 1. The zero-order valence-corrected chi connectivity index (χ0v) is 11.6. The van der Waals surface area contributed by atoms with E-state index in [0.29, 0.717) is 0 Å². The molecule has 4 nitrogen and oxygen atoms in total. The third-order valence-electron chi connectivity index (χ3n) is 2.71. The molecule has 0 aliphatic carbocycles. The standard InChI is InChI=1S/C14H24N2O2/c1-4-7-15-8-9-16-11-12-10-13(17-2)5-6-14(12)18-3/h5-6,10,15-16H,4,7-9,11H2,1-3H3. The van der Waals surface area contributed by atoms with E-state index in [1.165, 1.54) is 6.42 Å². The Labute approximate surface area is 110 Å². The van der Waals surface area contributed by atoms with Gasteiger partial charge in [0.2, 0.25) is 0 Å². The second kappa shape index (κ2) is 8.78. The number of nitrogens with one attached hydrogen (secondary N) is 2. The Morgan fingerprint density at radius 3 is 2.44 bits per heavy atom. The summed E-state index contributed by atoms with van der Waals surface area (Å²) in [5, 5.41) is 6.74. The Hall–Kier alpha value is -1.26. The first-order valence-electron chi connectivity index (χ1n) is 6.44. The molecular formula is C14H24N2O2. The molecule has 18 heavy (non-hydrogen) atoms. The SMILES string of the molecule is CCCNCCNCc1cc(OC)ccc1OC. The van der Waals surface area contributed by atoms with Crippen LogP contribution in [0.2, 0.25) is 0 Å². The maximum atomic E-state index is 5.33. The summed E-state index contributed by atoms with van der Waals surface area (Å²) in [5.41, 5.74) is 1.12. The van der Waals surface area contributed by atoms with Gasteiger partial charge in [0.25, 0.3) is 0 Å². The Kier molecular flexibility index (Phi) is 7.22. The molecule has 0 unspecified atom stereocenters. The van der Waals surface area contributed by atoms with Crippen LogP contribution in [0.25, 0.3) is 0 Å². The van der Waals surface area contributed by atoms with Gasteiger partial charge >= 0.3 is 0 Å². The van der Waals surface area contributed by atoms with Gasteiger partial charge in [0.15, 0.2) is 0 Å². The van der Waals surface area contributed by atoms with Gasteiger partial charge in [-0.3, -0.25) is 0 Å². The summed E-state index contributed by atoms with van der Waals surface area (Å²) in [5.74, 6) is 1.75. The molecule has 0 fully saturated rings. The average Bonchev–Trinajstić information content (AvgIpc) is 2.42. The van der Waals surface area contributed by atoms with Crippen molar-refractivity contribution in [3.63, 3.8) is 0 Å². The van der Waals surface area contributed by atoms with E-state index in [1.807, 2.05) is 18.2 Å². The molecule has 0 spiro atoms. The van der Waals surface area contributed by atoms with E-state index in [0.717, 1.165) is 43.2 Å². The van der Waals surface area contributed by atoms with E-state index in [9.17, 15) is 0 Å². The fourth-order valence-corrected chi connectivity index (χ4v) is 1.72. The molecule has 4 heteroatoms. The fourth-order valence-electron chi connectivity index (χ4n) is 1.72. The van der Waals surface area contributed by atoms with Crippen LogP contribution < -0.4 is 20.1 Å². The van der Waals surface area contributed by atoms with Crippen LogP contribution in [0.3, 0.4) is 0 Å². The predicted molar refractivity (Wildman–Crippen MR) is 74.4 cm³/mol. The lowest BCUT2D eigenvalue weighted by Gasteiger charge is -2.11. The number of ether oxygens (including phenoxy) is 2. The zero-order valence-electron chi connectivity index (χ0n) is 11.6. The molecule has 0 bridgehead atoms. The number of hydrogen-bond acceptors (Lipinski definition) is 4. The van der Waals surface area contributed by atoms with Gasteiger partial charge < -0.3 is 20.1 Å². The molecule has 2 N–H and O–H groups in total. The average molecular weight is 252 g/mol. The molecule has 1 rings (SSSR count). The van der Waals surface area contributed by atoms with Crippen molar-refractivity contribution < 1.29 is 9.47 Å². The summed E-state index contributed by atoms with van der Waals surface area (Å²) in [6.07, 6.45) is 1.17. The highest BCUT2D eigenvalue weighted by atomic mass is 16.5. The second-order valence-corrected chi connectivity index (χ2v) is 4.10. The molecule has 102 valence electrons. The summed E-state index contributed by atoms with van der Waals surface area (Å²) in [6, 6.07) is 5.85. The van der Waals surface area contributed by atoms with Gasteiger partial charge in [-0.2, -0.15) is 0 Å². The Balaban J connectivity index is 2.39. The van der Waals surface area contributed by atoms with Crippen molar-refractivity contribution >= 4 is 0 Å². The van der Waals surface area contributed by atoms with Gasteiger partial charge in [0.1, 0.15) is 11.5 Å². The Morgan fingerprint density at radius 1 is 1.00 bits per heavy atom. The predicted octanol–water partition coefficient (Wildman–Crippen LogP) is 1.79. The first-order chi connectivity index (χ1) is 8.81. The normalized spacial score (nSPS) is 10.4. The van der Waals surface area contributed by atoms with E-state index in [-0.39, 0.29) is 0 Å². The lowest BCUT2D eigenvalue weighted by molar-refractivity contribution is 0.397. The van der Waals surface area contributed by atoms with Crippen molar-refractivity contribution in [3.8, 4) is 11.5 Å². The summed E-state index contributed by atoms with van der Waals surface area (Å²) in [7, 11) is 3.36. The summed E-state index contributed by atoms with van der Waals surface area (Å²) in [6.45, 7) is 5.96. The van der Waals surface area contributed by atoms with E-state index >= 15 is 0 Å². The quantitative estimate of drug-likeness (QED) is 0.658. The minimum absolute atomic E-state index is 0.786.